The van der Waals surface area contributed by atoms with Crippen LogP contribution in [-0.4, -0.2) is 29.9 Å². The summed E-state index contributed by atoms with van der Waals surface area (Å²) in [6.45, 7) is 1.96. The smallest absolute Gasteiger partial charge is 0.317 e. The fraction of sp³-hybridized carbons (Fsp3) is 0.467. The summed E-state index contributed by atoms with van der Waals surface area (Å²) in [4.78, 5) is 25.7. The van der Waals surface area contributed by atoms with Gasteiger partial charge in [0.15, 0.2) is 5.78 Å². The highest BCUT2D eigenvalue weighted by Gasteiger charge is 2.56. The van der Waals surface area contributed by atoms with Crippen LogP contribution in [0.25, 0.3) is 0 Å². The Labute approximate surface area is 122 Å². The average molecular weight is 294 g/mol. The number of halogens is 1. The van der Waals surface area contributed by atoms with Crippen LogP contribution in [0.1, 0.15) is 36.0 Å². The third-order valence-corrected chi connectivity index (χ3v) is 4.55. The highest BCUT2D eigenvalue weighted by Crippen LogP contribution is 2.48. The van der Waals surface area contributed by atoms with Gasteiger partial charge in [-0.05, 0) is 43.9 Å². The van der Waals surface area contributed by atoms with E-state index >= 15 is 0 Å². The molecular weight excluding hydrogens is 278 g/mol. The standard InChI is InChI=1S/C15H16ClNO3/c16-11-9-10(13(18)15(5-6-15)14(19)20)3-4-12(11)17-7-1-2-8-17/h3-4,9H,1-2,5-8H2,(H,19,20). The van der Waals surface area contributed by atoms with E-state index in [0.29, 0.717) is 23.4 Å². The van der Waals surface area contributed by atoms with Gasteiger partial charge in [0.05, 0.1) is 10.7 Å². The average Bonchev–Trinajstić information content (AvgIpc) is 3.07. The molecule has 0 unspecified atom stereocenters. The molecule has 4 nitrogen and oxygen atoms in total. The van der Waals surface area contributed by atoms with Crippen LogP contribution in [0.4, 0.5) is 5.69 Å². The predicted molar refractivity (Wildman–Crippen MR) is 76.5 cm³/mol. The van der Waals surface area contributed by atoms with Crippen LogP contribution in [0.15, 0.2) is 18.2 Å². The van der Waals surface area contributed by atoms with Gasteiger partial charge in [0.2, 0.25) is 0 Å². The summed E-state index contributed by atoms with van der Waals surface area (Å²) in [6.07, 6.45) is 3.15. The van der Waals surface area contributed by atoms with E-state index in [-0.39, 0.29) is 5.78 Å². The lowest BCUT2D eigenvalue weighted by Gasteiger charge is -2.19. The molecule has 2 aliphatic rings. The van der Waals surface area contributed by atoms with Gasteiger partial charge in [-0.1, -0.05) is 11.6 Å². The monoisotopic (exact) mass is 293 g/mol. The molecule has 1 N–H and O–H groups in total. The van der Waals surface area contributed by atoms with Gasteiger partial charge < -0.3 is 10.0 Å². The van der Waals surface area contributed by atoms with Gasteiger partial charge in [0.25, 0.3) is 0 Å². The molecule has 5 heteroatoms. The van der Waals surface area contributed by atoms with E-state index in [9.17, 15) is 9.59 Å². The van der Waals surface area contributed by atoms with Gasteiger partial charge in [0, 0.05) is 18.7 Å². The number of nitrogens with zero attached hydrogens (tertiary/aromatic N) is 1. The molecule has 0 radical (unpaired) electrons. The van der Waals surface area contributed by atoms with Gasteiger partial charge >= 0.3 is 5.97 Å². The van der Waals surface area contributed by atoms with Crippen molar-refractivity contribution in [3.8, 4) is 0 Å². The number of benzene rings is 1. The van der Waals surface area contributed by atoms with Gasteiger partial charge in [0.1, 0.15) is 5.41 Å². The fourth-order valence-electron chi connectivity index (χ4n) is 2.80. The molecule has 20 heavy (non-hydrogen) atoms. The van der Waals surface area contributed by atoms with Gasteiger partial charge in [-0.2, -0.15) is 0 Å². The number of Topliss-reactive ketones (excluding diaryl/α,β-unsaturated/α-hetero) is 1. The van der Waals surface area contributed by atoms with Crippen molar-refractivity contribution in [2.75, 3.05) is 18.0 Å². The molecule has 1 heterocycles. The third kappa shape index (κ3) is 2.08. The van der Waals surface area contributed by atoms with Crippen molar-refractivity contribution in [2.24, 2.45) is 5.41 Å². The van der Waals surface area contributed by atoms with Crippen molar-refractivity contribution >= 4 is 29.0 Å². The lowest BCUT2D eigenvalue weighted by Crippen LogP contribution is -2.25. The molecule has 1 aliphatic carbocycles. The molecular formula is C15H16ClNO3. The number of carboxylic acids is 1. The number of hydrogen-bond donors (Lipinski definition) is 1. The van der Waals surface area contributed by atoms with Crippen LogP contribution in [0, 0.1) is 5.41 Å². The first-order chi connectivity index (χ1) is 9.54. The maximum atomic E-state index is 12.3. The molecule has 3 rings (SSSR count). The van der Waals surface area contributed by atoms with Crippen LogP contribution in [0.3, 0.4) is 0 Å². The lowest BCUT2D eigenvalue weighted by atomic mass is 9.94. The SMILES string of the molecule is O=C(O)C1(C(=O)c2ccc(N3CCCC3)c(Cl)c2)CC1. The molecule has 0 atom stereocenters. The van der Waals surface area contributed by atoms with E-state index in [0.717, 1.165) is 31.6 Å². The van der Waals surface area contributed by atoms with Crippen molar-refractivity contribution in [2.45, 2.75) is 25.7 Å². The zero-order valence-corrected chi connectivity index (χ0v) is 11.8. The Bertz CT molecular complexity index is 574. The topological polar surface area (TPSA) is 57.6 Å². The summed E-state index contributed by atoms with van der Waals surface area (Å²) in [5.41, 5.74) is 0.136. The number of aliphatic carboxylic acids is 1. The van der Waals surface area contributed by atoms with Crippen molar-refractivity contribution in [3.05, 3.63) is 28.8 Å². The zero-order chi connectivity index (χ0) is 14.3. The Morgan fingerprint density at radius 2 is 1.85 bits per heavy atom. The summed E-state index contributed by atoms with van der Waals surface area (Å²) in [5, 5.41) is 9.70. The molecule has 2 fully saturated rings. The van der Waals surface area contributed by atoms with E-state index in [4.69, 9.17) is 16.7 Å². The van der Waals surface area contributed by atoms with Crippen molar-refractivity contribution < 1.29 is 14.7 Å². The van der Waals surface area contributed by atoms with E-state index in [2.05, 4.69) is 4.90 Å². The molecule has 1 aromatic rings. The maximum absolute atomic E-state index is 12.3. The number of rotatable bonds is 4. The van der Waals surface area contributed by atoms with Gasteiger partial charge in [-0.15, -0.1) is 0 Å². The van der Waals surface area contributed by atoms with Gasteiger partial charge in [-0.25, -0.2) is 0 Å². The van der Waals surface area contributed by atoms with E-state index < -0.39 is 11.4 Å². The fourth-order valence-corrected chi connectivity index (χ4v) is 3.10. The Morgan fingerprint density at radius 1 is 1.20 bits per heavy atom. The second-order valence-corrected chi connectivity index (χ2v) is 5.98. The van der Waals surface area contributed by atoms with Gasteiger partial charge in [-0.3, -0.25) is 9.59 Å². The van der Waals surface area contributed by atoms with Crippen LogP contribution >= 0.6 is 11.6 Å². The minimum atomic E-state index is -1.20. The van der Waals surface area contributed by atoms with Crippen LogP contribution < -0.4 is 4.90 Å². The van der Waals surface area contributed by atoms with Crippen molar-refractivity contribution in [1.82, 2.24) is 0 Å². The summed E-state index contributed by atoms with van der Waals surface area (Å²) >= 11 is 6.26. The second kappa shape index (κ2) is 4.77. The maximum Gasteiger partial charge on any atom is 0.317 e. The first kappa shape index (κ1) is 13.4. The van der Waals surface area contributed by atoms with E-state index in [1.54, 1.807) is 12.1 Å². The summed E-state index contributed by atoms with van der Waals surface area (Å²) < 4.78 is 0. The van der Waals surface area contributed by atoms with Crippen LogP contribution in [0.2, 0.25) is 5.02 Å². The minimum absolute atomic E-state index is 0.320. The summed E-state index contributed by atoms with van der Waals surface area (Å²) in [6, 6.07) is 5.14. The normalized spacial score (nSPS) is 19.9. The van der Waals surface area contributed by atoms with E-state index in [1.807, 2.05) is 6.07 Å². The molecule has 1 saturated carbocycles. The molecule has 1 aliphatic heterocycles. The molecule has 106 valence electrons. The zero-order valence-electron chi connectivity index (χ0n) is 11.1. The molecule has 0 spiro atoms. The number of carboxylic acid groups (broad SMARTS) is 1. The van der Waals surface area contributed by atoms with Crippen LogP contribution in [-0.2, 0) is 4.79 Å². The second-order valence-electron chi connectivity index (χ2n) is 5.58. The molecule has 1 saturated heterocycles. The Hall–Kier alpha value is -1.55. The minimum Gasteiger partial charge on any atom is -0.480 e. The highest BCUT2D eigenvalue weighted by atomic mass is 35.5. The summed E-state index contributed by atoms with van der Waals surface area (Å²) in [7, 11) is 0. The Morgan fingerprint density at radius 3 is 2.35 bits per heavy atom. The number of anilines is 1. The lowest BCUT2D eigenvalue weighted by molar-refractivity contribution is -0.141. The first-order valence-electron chi connectivity index (χ1n) is 6.87. The van der Waals surface area contributed by atoms with Crippen LogP contribution in [0.5, 0.6) is 0 Å². The molecule has 0 bridgehead atoms. The number of ketones is 1. The van der Waals surface area contributed by atoms with Crippen molar-refractivity contribution in [1.29, 1.82) is 0 Å². The molecule has 0 aromatic heterocycles. The first-order valence-corrected chi connectivity index (χ1v) is 7.25. The van der Waals surface area contributed by atoms with E-state index in [1.165, 1.54) is 0 Å². The third-order valence-electron chi connectivity index (χ3n) is 4.25. The predicted octanol–water partition coefficient (Wildman–Crippen LogP) is 2.99. The summed E-state index contributed by atoms with van der Waals surface area (Å²) in [5.74, 6) is -1.35. The Balaban J connectivity index is 1.87. The quantitative estimate of drug-likeness (QED) is 0.685. The number of carbonyl (C=O) groups excluding carboxylic acids is 1. The number of carbonyl (C=O) groups is 2. The highest BCUT2D eigenvalue weighted by molar-refractivity contribution is 6.33. The Kier molecular flexibility index (Phi) is 3.21. The molecule has 1 aromatic carbocycles. The molecule has 0 amide bonds. The largest absolute Gasteiger partial charge is 0.480 e. The number of hydrogen-bond acceptors (Lipinski definition) is 3. The van der Waals surface area contributed by atoms with Crippen molar-refractivity contribution in [3.63, 3.8) is 0 Å².